The number of hydrogen-bond acceptors (Lipinski definition) is 8. The number of ether oxygens (including phenoxy) is 3. The van der Waals surface area contributed by atoms with Gasteiger partial charge >= 0.3 is 5.97 Å². The third-order valence-corrected chi connectivity index (χ3v) is 6.54. The number of rotatable bonds is 7. The molecule has 2 atom stereocenters. The van der Waals surface area contributed by atoms with Gasteiger partial charge in [-0.2, -0.15) is 0 Å². The lowest BCUT2D eigenvalue weighted by Crippen LogP contribution is -2.44. The summed E-state index contributed by atoms with van der Waals surface area (Å²) in [5, 5.41) is 3.15. The molecule has 1 fully saturated rings. The number of nitrogens with one attached hydrogen (secondary N) is 1. The first kappa shape index (κ1) is 23.9. The monoisotopic (exact) mass is 485 g/mol. The summed E-state index contributed by atoms with van der Waals surface area (Å²) >= 11 is 1.12. The Balaban J connectivity index is 1.30. The summed E-state index contributed by atoms with van der Waals surface area (Å²) in [6.45, 7) is 5.42. The van der Waals surface area contributed by atoms with Crippen molar-refractivity contribution in [2.24, 2.45) is 11.8 Å². The van der Waals surface area contributed by atoms with E-state index in [0.29, 0.717) is 47.1 Å². The maximum absolute atomic E-state index is 12.7. The molecule has 10 heteroatoms. The molecule has 1 saturated heterocycles. The molecule has 0 bridgehead atoms. The predicted molar refractivity (Wildman–Crippen MR) is 126 cm³/mol. The number of esters is 1. The number of pyridine rings is 1. The number of anilines is 1. The van der Waals surface area contributed by atoms with E-state index in [-0.39, 0.29) is 36.5 Å². The van der Waals surface area contributed by atoms with E-state index in [1.54, 1.807) is 35.2 Å². The molecule has 34 heavy (non-hydrogen) atoms. The van der Waals surface area contributed by atoms with Gasteiger partial charge in [-0.1, -0.05) is 25.6 Å². The van der Waals surface area contributed by atoms with Crippen LogP contribution in [0.1, 0.15) is 30.6 Å². The highest BCUT2D eigenvalue weighted by Crippen LogP contribution is 2.34. The van der Waals surface area contributed by atoms with Gasteiger partial charge in [0.1, 0.15) is 5.03 Å². The third-order valence-electron chi connectivity index (χ3n) is 5.54. The smallest absolute Gasteiger partial charge is 0.341 e. The molecular weight excluding hydrogens is 458 g/mol. The summed E-state index contributed by atoms with van der Waals surface area (Å²) < 4.78 is 15.9. The lowest BCUT2D eigenvalue weighted by atomic mass is 9.92. The van der Waals surface area contributed by atoms with Gasteiger partial charge in [0.25, 0.3) is 5.91 Å². The quantitative estimate of drug-likeness (QED) is 0.471. The second-order valence-electron chi connectivity index (χ2n) is 8.58. The number of amides is 2. The molecule has 0 aliphatic carbocycles. The highest BCUT2D eigenvalue weighted by molar-refractivity contribution is 8.00. The number of nitrogens with zero attached hydrogens (tertiary/aromatic N) is 2. The van der Waals surface area contributed by atoms with Gasteiger partial charge in [-0.05, 0) is 42.5 Å². The molecule has 3 heterocycles. The number of fused-ring (bicyclic) bond motifs is 1. The molecule has 0 spiro atoms. The standard InChI is InChI=1S/C24H27N3O6S/c1-15-8-16(2)11-27(10-15)22(29)12-31-24(30)18-4-3-7-25-23(18)34-13-21(28)26-17-5-6-19-20(9-17)33-14-32-19/h3-7,9,15-16H,8,10-14H2,1-2H3,(H,26,28)/t15-,16+. The van der Waals surface area contributed by atoms with Crippen LogP contribution in [0.4, 0.5) is 5.69 Å². The van der Waals surface area contributed by atoms with E-state index >= 15 is 0 Å². The van der Waals surface area contributed by atoms with Crippen molar-refractivity contribution >= 4 is 35.2 Å². The van der Waals surface area contributed by atoms with Gasteiger partial charge in [-0.3, -0.25) is 9.59 Å². The van der Waals surface area contributed by atoms with Gasteiger partial charge in [0.15, 0.2) is 18.1 Å². The molecule has 4 rings (SSSR count). The van der Waals surface area contributed by atoms with Crippen molar-refractivity contribution in [3.05, 3.63) is 42.1 Å². The van der Waals surface area contributed by atoms with Crippen molar-refractivity contribution in [3.63, 3.8) is 0 Å². The van der Waals surface area contributed by atoms with E-state index in [0.717, 1.165) is 18.2 Å². The normalized spacial score (nSPS) is 18.9. The van der Waals surface area contributed by atoms with Crippen LogP contribution in [0, 0.1) is 11.8 Å². The molecule has 0 radical (unpaired) electrons. The number of carbonyl (C=O) groups excluding carboxylic acids is 3. The minimum absolute atomic E-state index is 0.0359. The maximum Gasteiger partial charge on any atom is 0.341 e. The first-order valence-corrected chi connectivity index (χ1v) is 12.1. The zero-order chi connectivity index (χ0) is 24.1. The molecule has 180 valence electrons. The maximum atomic E-state index is 12.7. The van der Waals surface area contributed by atoms with E-state index in [4.69, 9.17) is 14.2 Å². The van der Waals surface area contributed by atoms with Crippen molar-refractivity contribution in [1.29, 1.82) is 0 Å². The number of benzene rings is 1. The summed E-state index contributed by atoms with van der Waals surface area (Å²) in [4.78, 5) is 43.6. The Morgan fingerprint density at radius 3 is 2.71 bits per heavy atom. The van der Waals surface area contributed by atoms with Crippen LogP contribution in [0.15, 0.2) is 41.6 Å². The highest BCUT2D eigenvalue weighted by Gasteiger charge is 2.26. The highest BCUT2D eigenvalue weighted by atomic mass is 32.2. The summed E-state index contributed by atoms with van der Waals surface area (Å²) in [5.74, 6) is 0.981. The molecule has 2 aliphatic heterocycles. The molecule has 9 nitrogen and oxygen atoms in total. The molecule has 1 aromatic heterocycles. The first-order chi connectivity index (χ1) is 16.4. The van der Waals surface area contributed by atoms with E-state index < -0.39 is 5.97 Å². The average Bonchev–Trinajstić information content (AvgIpc) is 3.28. The summed E-state index contributed by atoms with van der Waals surface area (Å²) in [5.41, 5.74) is 0.798. The van der Waals surface area contributed by atoms with Gasteiger partial charge in [0, 0.05) is 31.0 Å². The SMILES string of the molecule is C[C@@H]1C[C@H](C)CN(C(=O)COC(=O)c2cccnc2SCC(=O)Nc2ccc3c(c2)OCO3)C1. The van der Waals surface area contributed by atoms with Crippen molar-refractivity contribution in [2.45, 2.75) is 25.3 Å². The van der Waals surface area contributed by atoms with Gasteiger partial charge < -0.3 is 24.4 Å². The predicted octanol–water partition coefficient (Wildman–Crippen LogP) is 3.20. The van der Waals surface area contributed by atoms with Crippen LogP contribution in [-0.4, -0.2) is 59.9 Å². The first-order valence-electron chi connectivity index (χ1n) is 11.1. The lowest BCUT2D eigenvalue weighted by Gasteiger charge is -2.34. The minimum atomic E-state index is -0.641. The number of likely N-dealkylation sites (tertiary alicyclic amines) is 1. The van der Waals surface area contributed by atoms with E-state index in [1.807, 2.05) is 0 Å². The Hall–Kier alpha value is -3.27. The Morgan fingerprint density at radius 2 is 1.91 bits per heavy atom. The molecular formula is C24H27N3O6S. The van der Waals surface area contributed by atoms with Gasteiger partial charge in [-0.15, -0.1) is 0 Å². The Morgan fingerprint density at radius 1 is 1.15 bits per heavy atom. The van der Waals surface area contributed by atoms with E-state index in [1.165, 1.54) is 6.20 Å². The van der Waals surface area contributed by atoms with Gasteiger partial charge in [0.2, 0.25) is 12.7 Å². The van der Waals surface area contributed by atoms with Crippen LogP contribution in [-0.2, 0) is 14.3 Å². The summed E-state index contributed by atoms with van der Waals surface area (Å²) in [7, 11) is 0. The molecule has 0 unspecified atom stereocenters. The topological polar surface area (TPSA) is 107 Å². The molecule has 1 N–H and O–H groups in total. The summed E-state index contributed by atoms with van der Waals surface area (Å²) in [6, 6.07) is 8.33. The van der Waals surface area contributed by atoms with Crippen LogP contribution < -0.4 is 14.8 Å². The number of piperidine rings is 1. The largest absolute Gasteiger partial charge is 0.454 e. The van der Waals surface area contributed by atoms with E-state index in [2.05, 4.69) is 24.1 Å². The van der Waals surface area contributed by atoms with Crippen molar-refractivity contribution in [1.82, 2.24) is 9.88 Å². The fourth-order valence-electron chi connectivity index (χ4n) is 4.13. The zero-order valence-corrected chi connectivity index (χ0v) is 19.9. The van der Waals surface area contributed by atoms with Gasteiger partial charge in [0.05, 0.1) is 11.3 Å². The van der Waals surface area contributed by atoms with Gasteiger partial charge in [-0.25, -0.2) is 9.78 Å². The fraction of sp³-hybridized carbons (Fsp3) is 0.417. The third kappa shape index (κ3) is 5.99. The van der Waals surface area contributed by atoms with Crippen molar-refractivity contribution < 1.29 is 28.6 Å². The lowest BCUT2D eigenvalue weighted by molar-refractivity contribution is -0.137. The second-order valence-corrected chi connectivity index (χ2v) is 9.55. The van der Waals surface area contributed by atoms with Crippen molar-refractivity contribution in [3.8, 4) is 11.5 Å². The van der Waals surface area contributed by atoms with Crippen LogP contribution in [0.3, 0.4) is 0 Å². The summed E-state index contributed by atoms with van der Waals surface area (Å²) in [6.07, 6.45) is 2.62. The Labute approximate surface area is 202 Å². The van der Waals surface area contributed by atoms with Crippen LogP contribution in [0.2, 0.25) is 0 Å². The number of hydrogen-bond donors (Lipinski definition) is 1. The molecule has 0 saturated carbocycles. The Bertz CT molecular complexity index is 1070. The minimum Gasteiger partial charge on any atom is -0.454 e. The van der Waals surface area contributed by atoms with Crippen LogP contribution in [0.5, 0.6) is 11.5 Å². The van der Waals surface area contributed by atoms with Crippen molar-refractivity contribution in [2.75, 3.05) is 37.6 Å². The Kier molecular flexibility index (Phi) is 7.56. The van der Waals surface area contributed by atoms with E-state index in [9.17, 15) is 14.4 Å². The average molecular weight is 486 g/mol. The second kappa shape index (κ2) is 10.8. The number of thioether (sulfide) groups is 1. The molecule has 2 amide bonds. The molecule has 2 aliphatic rings. The van der Waals surface area contributed by atoms with Crippen LogP contribution >= 0.6 is 11.8 Å². The molecule has 1 aromatic carbocycles. The fourth-order valence-corrected chi connectivity index (χ4v) is 4.91. The zero-order valence-electron chi connectivity index (χ0n) is 19.1. The van der Waals surface area contributed by atoms with Crippen LogP contribution in [0.25, 0.3) is 0 Å². The molecule has 2 aromatic rings. The number of aromatic nitrogens is 1. The number of carbonyl (C=O) groups is 3.